The summed E-state index contributed by atoms with van der Waals surface area (Å²) in [6, 6.07) is 15.3. The second kappa shape index (κ2) is 9.98. The normalized spacial score (nSPS) is 15.0. The highest BCUT2D eigenvalue weighted by Gasteiger charge is 2.30. The highest BCUT2D eigenvalue weighted by molar-refractivity contribution is 5.97. The lowest BCUT2D eigenvalue weighted by Crippen LogP contribution is -2.38. The lowest BCUT2D eigenvalue weighted by Gasteiger charge is -2.22. The molecule has 0 aliphatic carbocycles. The van der Waals surface area contributed by atoms with Gasteiger partial charge in [0.1, 0.15) is 5.69 Å². The van der Waals surface area contributed by atoms with E-state index in [2.05, 4.69) is 11.9 Å². The number of ether oxygens (including phenoxy) is 1. The van der Waals surface area contributed by atoms with E-state index >= 15 is 0 Å². The first-order valence-electron chi connectivity index (χ1n) is 11.5. The average molecular weight is 448 g/mol. The first-order valence-corrected chi connectivity index (χ1v) is 11.5. The van der Waals surface area contributed by atoms with Gasteiger partial charge in [-0.25, -0.2) is 4.98 Å². The summed E-state index contributed by atoms with van der Waals surface area (Å²) >= 11 is 0. The molecule has 1 aliphatic rings. The Labute approximate surface area is 193 Å². The molecule has 1 aliphatic heterocycles. The zero-order valence-corrected chi connectivity index (χ0v) is 19.1. The summed E-state index contributed by atoms with van der Waals surface area (Å²) in [5, 5.41) is 0. The van der Waals surface area contributed by atoms with E-state index in [1.54, 1.807) is 9.47 Å². The Bertz CT molecular complexity index is 1230. The van der Waals surface area contributed by atoms with Gasteiger partial charge in [0.15, 0.2) is 6.61 Å². The van der Waals surface area contributed by atoms with Crippen molar-refractivity contribution in [2.24, 2.45) is 0 Å². The number of carbonyl (C=O) groups excluding carboxylic acids is 2. The van der Waals surface area contributed by atoms with Crippen molar-refractivity contribution in [1.29, 1.82) is 0 Å². The first kappa shape index (κ1) is 22.7. The number of aromatic nitrogens is 2. The van der Waals surface area contributed by atoms with Crippen molar-refractivity contribution in [1.82, 2.24) is 9.55 Å². The van der Waals surface area contributed by atoms with E-state index in [0.29, 0.717) is 12.2 Å². The number of nitrogens with zero attached hydrogens (tertiary/aromatic N) is 3. The number of carbonyl (C=O) groups is 2. The van der Waals surface area contributed by atoms with Crippen LogP contribution in [0.1, 0.15) is 44.4 Å². The van der Waals surface area contributed by atoms with Crippen molar-refractivity contribution in [2.75, 3.05) is 11.5 Å². The molecular formula is C26H29N3O4. The second-order valence-electron chi connectivity index (χ2n) is 8.46. The van der Waals surface area contributed by atoms with Crippen LogP contribution < -0.4 is 10.5 Å². The van der Waals surface area contributed by atoms with Crippen molar-refractivity contribution in [3.8, 4) is 0 Å². The van der Waals surface area contributed by atoms with Crippen molar-refractivity contribution in [2.45, 2.75) is 58.5 Å². The predicted octanol–water partition coefficient (Wildman–Crippen LogP) is 3.65. The van der Waals surface area contributed by atoms with Gasteiger partial charge in [-0.2, -0.15) is 0 Å². The smallest absolute Gasteiger partial charge is 0.306 e. The molecule has 0 fully saturated rings. The van der Waals surface area contributed by atoms with Crippen molar-refractivity contribution in [3.63, 3.8) is 0 Å². The summed E-state index contributed by atoms with van der Waals surface area (Å²) < 4.78 is 7.00. The van der Waals surface area contributed by atoms with Gasteiger partial charge in [-0.1, -0.05) is 43.7 Å². The summed E-state index contributed by atoms with van der Waals surface area (Å²) in [6.07, 6.45) is 2.81. The molecule has 0 unspecified atom stereocenters. The van der Waals surface area contributed by atoms with E-state index in [1.165, 1.54) is 0 Å². The molecule has 7 heteroatoms. The largest absolute Gasteiger partial charge is 0.456 e. The fraction of sp³-hybridized carbons (Fsp3) is 0.385. The number of anilines is 1. The van der Waals surface area contributed by atoms with E-state index in [-0.39, 0.29) is 37.0 Å². The topological polar surface area (TPSA) is 81.5 Å². The predicted molar refractivity (Wildman–Crippen MR) is 127 cm³/mol. The van der Waals surface area contributed by atoms with Crippen molar-refractivity contribution >= 4 is 28.6 Å². The highest BCUT2D eigenvalue weighted by atomic mass is 16.5. The fourth-order valence-corrected chi connectivity index (χ4v) is 4.40. The summed E-state index contributed by atoms with van der Waals surface area (Å²) in [4.78, 5) is 44.3. The zero-order chi connectivity index (χ0) is 23.4. The van der Waals surface area contributed by atoms with E-state index < -0.39 is 5.97 Å². The minimum atomic E-state index is -0.516. The summed E-state index contributed by atoms with van der Waals surface area (Å²) in [5.41, 5.74) is 3.69. The number of aryl methyl sites for hydroxylation is 2. The third-order valence-electron chi connectivity index (χ3n) is 6.05. The number of fused-ring (bicyclic) bond motifs is 2. The number of hydrogen-bond donors (Lipinski definition) is 0. The van der Waals surface area contributed by atoms with Gasteiger partial charge in [0.2, 0.25) is 0 Å². The van der Waals surface area contributed by atoms with Crippen molar-refractivity contribution in [3.05, 3.63) is 70.1 Å². The number of rotatable bonds is 8. The summed E-state index contributed by atoms with van der Waals surface area (Å²) in [7, 11) is 0. The molecule has 0 spiro atoms. The molecule has 0 bridgehead atoms. The van der Waals surface area contributed by atoms with Crippen LogP contribution in [-0.2, 0) is 33.7 Å². The molecule has 1 amide bonds. The van der Waals surface area contributed by atoms with Gasteiger partial charge < -0.3 is 14.2 Å². The molecule has 0 N–H and O–H groups in total. The lowest BCUT2D eigenvalue weighted by molar-refractivity contribution is -0.147. The van der Waals surface area contributed by atoms with Crippen molar-refractivity contribution < 1.29 is 14.3 Å². The quantitative estimate of drug-likeness (QED) is 0.493. The Balaban J connectivity index is 1.40. The van der Waals surface area contributed by atoms with Crippen LogP contribution in [0.3, 0.4) is 0 Å². The maximum absolute atomic E-state index is 13.0. The molecule has 1 atom stereocenters. The molecule has 172 valence electrons. The lowest BCUT2D eigenvalue weighted by atomic mass is 10.1. The van der Waals surface area contributed by atoms with Gasteiger partial charge in [0.25, 0.3) is 11.5 Å². The van der Waals surface area contributed by atoms with Gasteiger partial charge in [-0.05, 0) is 43.5 Å². The molecule has 4 rings (SSSR count). The van der Waals surface area contributed by atoms with E-state index in [4.69, 9.17) is 4.74 Å². The minimum Gasteiger partial charge on any atom is -0.456 e. The van der Waals surface area contributed by atoms with Gasteiger partial charge in [0, 0.05) is 24.7 Å². The Morgan fingerprint density at radius 3 is 2.70 bits per heavy atom. The maximum Gasteiger partial charge on any atom is 0.306 e. The number of unbranched alkanes of at least 4 members (excludes halogenated alkanes) is 1. The first-order chi connectivity index (χ1) is 16.0. The third-order valence-corrected chi connectivity index (χ3v) is 6.05. The van der Waals surface area contributed by atoms with Crippen LogP contribution in [0.25, 0.3) is 11.0 Å². The fourth-order valence-electron chi connectivity index (χ4n) is 4.40. The number of benzene rings is 2. The monoisotopic (exact) mass is 447 g/mol. The Morgan fingerprint density at radius 1 is 1.12 bits per heavy atom. The second-order valence-corrected chi connectivity index (χ2v) is 8.46. The Hall–Kier alpha value is -3.48. The molecule has 0 saturated carbocycles. The van der Waals surface area contributed by atoms with Crippen LogP contribution in [0.4, 0.5) is 5.69 Å². The molecule has 0 saturated heterocycles. The van der Waals surface area contributed by atoms with E-state index in [9.17, 15) is 14.4 Å². The summed E-state index contributed by atoms with van der Waals surface area (Å²) in [6.45, 7) is 4.35. The molecule has 7 nitrogen and oxygen atoms in total. The van der Waals surface area contributed by atoms with Gasteiger partial charge in [0.05, 0.1) is 17.5 Å². The molecule has 0 radical (unpaired) electrons. The van der Waals surface area contributed by atoms with Crippen LogP contribution in [0, 0.1) is 0 Å². The van der Waals surface area contributed by atoms with Crippen LogP contribution in [-0.4, -0.2) is 34.1 Å². The number of para-hydroxylation sites is 3. The number of hydrogen-bond acceptors (Lipinski definition) is 5. The van der Waals surface area contributed by atoms with E-state index in [0.717, 1.165) is 41.5 Å². The molecule has 2 aromatic carbocycles. The molecular weight excluding hydrogens is 418 g/mol. The number of amides is 1. The highest BCUT2D eigenvalue weighted by Crippen LogP contribution is 2.31. The Morgan fingerprint density at radius 2 is 1.88 bits per heavy atom. The van der Waals surface area contributed by atoms with Crippen LogP contribution >= 0.6 is 0 Å². The van der Waals surface area contributed by atoms with Crippen LogP contribution in [0.15, 0.2) is 53.3 Å². The maximum atomic E-state index is 13.0. The molecule has 3 aromatic rings. The number of esters is 1. The van der Waals surface area contributed by atoms with Gasteiger partial charge >= 0.3 is 5.97 Å². The zero-order valence-electron chi connectivity index (χ0n) is 19.1. The Kier molecular flexibility index (Phi) is 6.87. The average Bonchev–Trinajstić information content (AvgIpc) is 3.16. The molecule has 1 aromatic heterocycles. The third kappa shape index (κ3) is 4.82. The SMILES string of the molecule is CCCCn1c(=O)c(CCC(=O)OCC(=O)N2c3ccccc3C[C@H]2C)nc2ccccc21. The van der Waals surface area contributed by atoms with Crippen LogP contribution in [0.5, 0.6) is 0 Å². The minimum absolute atomic E-state index is 0.00617. The van der Waals surface area contributed by atoms with Gasteiger partial charge in [-0.15, -0.1) is 0 Å². The van der Waals surface area contributed by atoms with E-state index in [1.807, 2.05) is 55.5 Å². The van der Waals surface area contributed by atoms with Crippen LogP contribution in [0.2, 0.25) is 0 Å². The molecule has 33 heavy (non-hydrogen) atoms. The molecule has 2 heterocycles. The summed E-state index contributed by atoms with van der Waals surface area (Å²) in [5.74, 6) is -0.760. The standard InChI is InChI=1S/C26H29N3O4/c1-3-4-15-28-23-12-8-6-10-20(23)27-21(26(28)32)13-14-25(31)33-17-24(30)29-18(2)16-19-9-5-7-11-22(19)29/h5-12,18H,3-4,13-17H2,1-2H3/t18-/m1/s1. The van der Waals surface area contributed by atoms with Gasteiger partial charge in [-0.3, -0.25) is 14.4 Å².